The molecule has 1 rings (SSSR count). The third kappa shape index (κ3) is 2.84. The van der Waals surface area contributed by atoms with Gasteiger partial charge in [0.25, 0.3) is 0 Å². The summed E-state index contributed by atoms with van der Waals surface area (Å²) < 4.78 is 0. The highest BCUT2D eigenvalue weighted by atomic mass is 16.3. The summed E-state index contributed by atoms with van der Waals surface area (Å²) in [4.78, 5) is 10.9. The van der Waals surface area contributed by atoms with E-state index in [0.29, 0.717) is 6.42 Å². The SMILES string of the molecule is C=CC(=O)C(O)Cc1ccccc1. The second kappa shape index (κ2) is 4.58. The third-order valence-electron chi connectivity index (χ3n) is 1.80. The van der Waals surface area contributed by atoms with Gasteiger partial charge in [0.2, 0.25) is 0 Å². The smallest absolute Gasteiger partial charge is 0.183 e. The summed E-state index contributed by atoms with van der Waals surface area (Å²) >= 11 is 0. The number of hydrogen-bond acceptors (Lipinski definition) is 2. The van der Waals surface area contributed by atoms with Gasteiger partial charge in [0.05, 0.1) is 0 Å². The number of hydrogen-bond donors (Lipinski definition) is 1. The summed E-state index contributed by atoms with van der Waals surface area (Å²) in [5.41, 5.74) is 0.949. The zero-order valence-corrected chi connectivity index (χ0v) is 7.31. The molecule has 1 aromatic carbocycles. The van der Waals surface area contributed by atoms with Crippen LogP contribution in [-0.2, 0) is 11.2 Å². The molecule has 0 radical (unpaired) electrons. The largest absolute Gasteiger partial charge is 0.385 e. The minimum absolute atomic E-state index is 0.330. The lowest BCUT2D eigenvalue weighted by molar-refractivity contribution is -0.122. The van der Waals surface area contributed by atoms with Crippen molar-refractivity contribution < 1.29 is 9.90 Å². The maximum Gasteiger partial charge on any atom is 0.183 e. The number of aliphatic hydroxyl groups excluding tert-OH is 1. The van der Waals surface area contributed by atoms with Gasteiger partial charge < -0.3 is 5.11 Å². The van der Waals surface area contributed by atoms with E-state index in [4.69, 9.17) is 0 Å². The predicted octanol–water partition coefficient (Wildman–Crippen LogP) is 1.35. The maximum absolute atomic E-state index is 10.9. The molecule has 0 aromatic heterocycles. The van der Waals surface area contributed by atoms with Gasteiger partial charge in [-0.05, 0) is 11.6 Å². The lowest BCUT2D eigenvalue weighted by atomic mass is 10.1. The van der Waals surface area contributed by atoms with Crippen molar-refractivity contribution in [1.29, 1.82) is 0 Å². The lowest BCUT2D eigenvalue weighted by Gasteiger charge is -2.05. The summed E-state index contributed by atoms with van der Waals surface area (Å²) in [5, 5.41) is 9.35. The molecule has 0 saturated heterocycles. The van der Waals surface area contributed by atoms with Crippen LogP contribution in [0.25, 0.3) is 0 Å². The Bertz CT molecular complexity index is 290. The Labute approximate surface area is 77.5 Å². The molecule has 0 saturated carbocycles. The van der Waals surface area contributed by atoms with Crippen molar-refractivity contribution in [2.24, 2.45) is 0 Å². The fourth-order valence-corrected chi connectivity index (χ4v) is 1.07. The summed E-state index contributed by atoms with van der Waals surface area (Å²) in [6, 6.07) is 9.39. The molecule has 0 spiro atoms. The van der Waals surface area contributed by atoms with E-state index in [1.807, 2.05) is 30.3 Å². The standard InChI is InChI=1S/C11H12O2/c1-2-10(12)11(13)8-9-6-4-3-5-7-9/h2-7,11,13H,1,8H2. The molecule has 0 aliphatic heterocycles. The molecular formula is C11H12O2. The molecule has 1 unspecified atom stereocenters. The zero-order chi connectivity index (χ0) is 9.68. The average molecular weight is 176 g/mol. The highest BCUT2D eigenvalue weighted by molar-refractivity contribution is 5.92. The van der Waals surface area contributed by atoms with Crippen molar-refractivity contribution in [2.75, 3.05) is 0 Å². The average Bonchev–Trinajstić information content (AvgIpc) is 2.18. The number of benzene rings is 1. The normalized spacial score (nSPS) is 12.1. The van der Waals surface area contributed by atoms with Crippen LogP contribution in [0, 0.1) is 0 Å². The van der Waals surface area contributed by atoms with E-state index in [9.17, 15) is 9.90 Å². The van der Waals surface area contributed by atoms with Crippen molar-refractivity contribution in [2.45, 2.75) is 12.5 Å². The van der Waals surface area contributed by atoms with Crippen LogP contribution in [0.2, 0.25) is 0 Å². The minimum atomic E-state index is -0.958. The first-order chi connectivity index (χ1) is 6.24. The van der Waals surface area contributed by atoms with E-state index in [1.165, 1.54) is 0 Å². The van der Waals surface area contributed by atoms with Gasteiger partial charge in [-0.15, -0.1) is 0 Å². The van der Waals surface area contributed by atoms with Crippen LogP contribution < -0.4 is 0 Å². The number of carbonyl (C=O) groups is 1. The molecule has 0 heterocycles. The second-order valence-electron chi connectivity index (χ2n) is 2.81. The molecule has 0 aliphatic rings. The minimum Gasteiger partial charge on any atom is -0.385 e. The highest BCUT2D eigenvalue weighted by Crippen LogP contribution is 2.03. The van der Waals surface area contributed by atoms with Gasteiger partial charge in [0.15, 0.2) is 5.78 Å². The first-order valence-electron chi connectivity index (χ1n) is 4.12. The maximum atomic E-state index is 10.9. The van der Waals surface area contributed by atoms with Crippen molar-refractivity contribution in [3.63, 3.8) is 0 Å². The molecule has 2 heteroatoms. The Morgan fingerprint density at radius 2 is 2.08 bits per heavy atom. The Morgan fingerprint density at radius 3 is 2.62 bits per heavy atom. The Hall–Kier alpha value is -1.41. The molecule has 0 fully saturated rings. The van der Waals surface area contributed by atoms with E-state index in [0.717, 1.165) is 11.6 Å². The summed E-state index contributed by atoms with van der Waals surface area (Å²) in [5.74, 6) is -0.330. The summed E-state index contributed by atoms with van der Waals surface area (Å²) in [6.45, 7) is 3.31. The fraction of sp³-hybridized carbons (Fsp3) is 0.182. The fourth-order valence-electron chi connectivity index (χ4n) is 1.07. The molecule has 0 aliphatic carbocycles. The number of carbonyl (C=O) groups excluding carboxylic acids is 1. The quantitative estimate of drug-likeness (QED) is 0.703. The van der Waals surface area contributed by atoms with E-state index < -0.39 is 6.10 Å². The molecule has 68 valence electrons. The second-order valence-corrected chi connectivity index (χ2v) is 2.81. The molecule has 1 aromatic rings. The Morgan fingerprint density at radius 1 is 1.46 bits per heavy atom. The van der Waals surface area contributed by atoms with Crippen molar-refractivity contribution in [1.82, 2.24) is 0 Å². The van der Waals surface area contributed by atoms with E-state index in [2.05, 4.69) is 6.58 Å². The molecule has 1 atom stereocenters. The van der Waals surface area contributed by atoms with Crippen LogP contribution >= 0.6 is 0 Å². The van der Waals surface area contributed by atoms with Gasteiger partial charge in [-0.3, -0.25) is 4.79 Å². The van der Waals surface area contributed by atoms with Gasteiger partial charge >= 0.3 is 0 Å². The molecule has 0 bridgehead atoms. The van der Waals surface area contributed by atoms with Gasteiger partial charge in [-0.25, -0.2) is 0 Å². The predicted molar refractivity (Wildman–Crippen MR) is 51.4 cm³/mol. The van der Waals surface area contributed by atoms with Crippen LogP contribution in [0.15, 0.2) is 43.0 Å². The van der Waals surface area contributed by atoms with Crippen LogP contribution in [0.4, 0.5) is 0 Å². The number of rotatable bonds is 4. The van der Waals surface area contributed by atoms with Crippen LogP contribution in [0.1, 0.15) is 5.56 Å². The highest BCUT2D eigenvalue weighted by Gasteiger charge is 2.11. The van der Waals surface area contributed by atoms with Crippen LogP contribution in [0.3, 0.4) is 0 Å². The molecular weight excluding hydrogens is 164 g/mol. The lowest BCUT2D eigenvalue weighted by Crippen LogP contribution is -2.20. The Kier molecular flexibility index (Phi) is 3.41. The van der Waals surface area contributed by atoms with Crippen LogP contribution in [0.5, 0.6) is 0 Å². The molecule has 2 nitrogen and oxygen atoms in total. The van der Waals surface area contributed by atoms with Crippen molar-refractivity contribution in [3.05, 3.63) is 48.6 Å². The zero-order valence-electron chi connectivity index (χ0n) is 7.31. The third-order valence-corrected chi connectivity index (χ3v) is 1.80. The van der Waals surface area contributed by atoms with Crippen molar-refractivity contribution >= 4 is 5.78 Å². The van der Waals surface area contributed by atoms with Gasteiger partial charge in [-0.1, -0.05) is 36.9 Å². The number of aliphatic hydroxyl groups is 1. The summed E-state index contributed by atoms with van der Waals surface area (Å²) in [6.07, 6.45) is 0.541. The monoisotopic (exact) mass is 176 g/mol. The van der Waals surface area contributed by atoms with Gasteiger partial charge in [0.1, 0.15) is 6.10 Å². The molecule has 13 heavy (non-hydrogen) atoms. The molecule has 1 N–H and O–H groups in total. The number of ketones is 1. The van der Waals surface area contributed by atoms with Crippen LogP contribution in [-0.4, -0.2) is 17.0 Å². The topological polar surface area (TPSA) is 37.3 Å². The van der Waals surface area contributed by atoms with Gasteiger partial charge in [0, 0.05) is 6.42 Å². The van der Waals surface area contributed by atoms with E-state index in [-0.39, 0.29) is 5.78 Å². The van der Waals surface area contributed by atoms with Crippen molar-refractivity contribution in [3.8, 4) is 0 Å². The Balaban J connectivity index is 2.60. The summed E-state index contributed by atoms with van der Waals surface area (Å²) in [7, 11) is 0. The van der Waals surface area contributed by atoms with E-state index in [1.54, 1.807) is 0 Å². The first kappa shape index (κ1) is 9.68. The van der Waals surface area contributed by atoms with Gasteiger partial charge in [-0.2, -0.15) is 0 Å². The molecule has 0 amide bonds. The van der Waals surface area contributed by atoms with E-state index >= 15 is 0 Å². The first-order valence-corrected chi connectivity index (χ1v) is 4.12.